The molecule has 2 aromatic rings. The van der Waals surface area contributed by atoms with Gasteiger partial charge in [-0.2, -0.15) is 0 Å². The topological polar surface area (TPSA) is 30.9 Å². The van der Waals surface area contributed by atoms with Crippen molar-refractivity contribution in [2.75, 3.05) is 27.3 Å². The van der Waals surface area contributed by atoms with E-state index in [-0.39, 0.29) is 18.0 Å². The molecule has 0 radical (unpaired) electrons. The van der Waals surface area contributed by atoms with E-state index in [0.717, 1.165) is 38.9 Å². The molecular formula is C23H29NO3. The zero-order valence-electron chi connectivity index (χ0n) is 16.3. The van der Waals surface area contributed by atoms with Gasteiger partial charge in [-0.25, -0.2) is 0 Å². The summed E-state index contributed by atoms with van der Waals surface area (Å²) in [6, 6.07) is 19.4. The van der Waals surface area contributed by atoms with Gasteiger partial charge in [-0.15, -0.1) is 0 Å². The Morgan fingerprint density at radius 1 is 1.00 bits per heavy atom. The van der Waals surface area contributed by atoms with E-state index in [2.05, 4.69) is 59.5 Å². The van der Waals surface area contributed by atoms with Crippen molar-refractivity contribution < 1.29 is 14.2 Å². The van der Waals surface area contributed by atoms with Gasteiger partial charge in [-0.05, 0) is 29.5 Å². The number of methoxy groups -OCH3 is 2. The number of rotatable bonds is 6. The third-order valence-corrected chi connectivity index (χ3v) is 6.01. The van der Waals surface area contributed by atoms with Crippen LogP contribution in [0.25, 0.3) is 0 Å². The molecule has 144 valence electrons. The standard InChI is InChI=1S/C23H29NO3/c1-25-22(26-2)16-21-19-10-6-7-11-20(19)23(27-21)12-14-24(15-13-23)17-18-8-4-3-5-9-18/h3-11,21-22H,12-17H2,1-2H3. The normalized spacial score (nSPS) is 21.7. The molecule has 0 N–H and O–H groups in total. The molecule has 1 spiro atoms. The van der Waals surface area contributed by atoms with Gasteiger partial charge in [0.05, 0.1) is 11.7 Å². The molecular weight excluding hydrogens is 338 g/mol. The molecule has 2 aliphatic rings. The molecule has 0 aromatic heterocycles. The summed E-state index contributed by atoms with van der Waals surface area (Å²) in [5.74, 6) is 0. The van der Waals surface area contributed by atoms with Crippen LogP contribution in [0.15, 0.2) is 54.6 Å². The van der Waals surface area contributed by atoms with E-state index < -0.39 is 0 Å². The van der Waals surface area contributed by atoms with Crippen molar-refractivity contribution >= 4 is 0 Å². The summed E-state index contributed by atoms with van der Waals surface area (Å²) in [7, 11) is 3.37. The summed E-state index contributed by atoms with van der Waals surface area (Å²) in [5, 5.41) is 0. The van der Waals surface area contributed by atoms with Crippen molar-refractivity contribution in [3.05, 3.63) is 71.3 Å². The summed E-state index contributed by atoms with van der Waals surface area (Å²) in [4.78, 5) is 2.53. The molecule has 4 nitrogen and oxygen atoms in total. The van der Waals surface area contributed by atoms with Gasteiger partial charge in [-0.1, -0.05) is 54.6 Å². The fraction of sp³-hybridized carbons (Fsp3) is 0.478. The SMILES string of the molecule is COC(CC1OC2(CCN(Cc3ccccc3)CC2)c2ccccc21)OC. The molecule has 2 heterocycles. The first-order valence-corrected chi connectivity index (χ1v) is 9.83. The third kappa shape index (κ3) is 3.81. The van der Waals surface area contributed by atoms with E-state index in [0.29, 0.717) is 0 Å². The van der Waals surface area contributed by atoms with Crippen molar-refractivity contribution in [3.8, 4) is 0 Å². The van der Waals surface area contributed by atoms with Crippen LogP contribution in [0.5, 0.6) is 0 Å². The molecule has 4 rings (SSSR count). The van der Waals surface area contributed by atoms with Gasteiger partial charge < -0.3 is 14.2 Å². The van der Waals surface area contributed by atoms with Crippen molar-refractivity contribution in [1.29, 1.82) is 0 Å². The average molecular weight is 367 g/mol. The van der Waals surface area contributed by atoms with E-state index in [1.54, 1.807) is 14.2 Å². The van der Waals surface area contributed by atoms with Crippen LogP contribution in [0.1, 0.15) is 42.1 Å². The van der Waals surface area contributed by atoms with E-state index in [1.807, 2.05) is 0 Å². The Balaban J connectivity index is 1.47. The first-order valence-electron chi connectivity index (χ1n) is 9.83. The highest BCUT2D eigenvalue weighted by molar-refractivity contribution is 5.38. The van der Waals surface area contributed by atoms with Crippen LogP contribution in [-0.2, 0) is 26.4 Å². The Bertz CT molecular complexity index is 736. The van der Waals surface area contributed by atoms with Gasteiger partial charge in [-0.3, -0.25) is 4.90 Å². The number of ether oxygens (including phenoxy) is 3. The number of fused-ring (bicyclic) bond motifs is 2. The molecule has 0 bridgehead atoms. The highest BCUT2D eigenvalue weighted by atomic mass is 16.7. The maximum absolute atomic E-state index is 6.71. The van der Waals surface area contributed by atoms with Crippen LogP contribution in [-0.4, -0.2) is 38.5 Å². The van der Waals surface area contributed by atoms with Crippen molar-refractivity contribution in [3.63, 3.8) is 0 Å². The number of benzene rings is 2. The molecule has 27 heavy (non-hydrogen) atoms. The van der Waals surface area contributed by atoms with Crippen LogP contribution >= 0.6 is 0 Å². The molecule has 4 heteroatoms. The Morgan fingerprint density at radius 2 is 1.67 bits per heavy atom. The maximum Gasteiger partial charge on any atom is 0.159 e. The average Bonchev–Trinajstić information content (AvgIpc) is 3.02. The fourth-order valence-electron chi connectivity index (χ4n) is 4.53. The predicted molar refractivity (Wildman–Crippen MR) is 105 cm³/mol. The second kappa shape index (κ2) is 8.11. The quantitative estimate of drug-likeness (QED) is 0.714. The van der Waals surface area contributed by atoms with E-state index in [4.69, 9.17) is 14.2 Å². The highest BCUT2D eigenvalue weighted by Gasteiger charge is 2.46. The zero-order chi connectivity index (χ0) is 18.7. The molecule has 0 saturated carbocycles. The lowest BCUT2D eigenvalue weighted by Crippen LogP contribution is -2.42. The van der Waals surface area contributed by atoms with Gasteiger partial charge in [0.2, 0.25) is 0 Å². The highest BCUT2D eigenvalue weighted by Crippen LogP contribution is 2.50. The molecule has 0 amide bonds. The summed E-state index contributed by atoms with van der Waals surface area (Å²) < 4.78 is 17.6. The summed E-state index contributed by atoms with van der Waals surface area (Å²) in [6.07, 6.45) is 2.57. The van der Waals surface area contributed by atoms with Gasteiger partial charge in [0, 0.05) is 40.3 Å². The Morgan fingerprint density at radius 3 is 2.37 bits per heavy atom. The third-order valence-electron chi connectivity index (χ3n) is 6.01. The minimum absolute atomic E-state index is 0.0340. The minimum Gasteiger partial charge on any atom is -0.362 e. The van der Waals surface area contributed by atoms with Crippen LogP contribution in [0.3, 0.4) is 0 Å². The number of hydrogen-bond acceptors (Lipinski definition) is 4. The van der Waals surface area contributed by atoms with Gasteiger partial charge in [0.25, 0.3) is 0 Å². The van der Waals surface area contributed by atoms with Crippen LogP contribution in [0, 0.1) is 0 Å². The lowest BCUT2D eigenvalue weighted by atomic mass is 9.83. The lowest BCUT2D eigenvalue weighted by molar-refractivity contribution is -0.161. The smallest absolute Gasteiger partial charge is 0.159 e. The van der Waals surface area contributed by atoms with Crippen molar-refractivity contribution in [1.82, 2.24) is 4.90 Å². The lowest BCUT2D eigenvalue weighted by Gasteiger charge is -2.40. The van der Waals surface area contributed by atoms with Crippen molar-refractivity contribution in [2.45, 2.75) is 43.8 Å². The molecule has 0 aliphatic carbocycles. The van der Waals surface area contributed by atoms with Crippen LogP contribution in [0.2, 0.25) is 0 Å². The number of piperidine rings is 1. The Hall–Kier alpha value is -1.72. The van der Waals surface area contributed by atoms with E-state index >= 15 is 0 Å². The molecule has 1 unspecified atom stereocenters. The van der Waals surface area contributed by atoms with Gasteiger partial charge in [0.1, 0.15) is 0 Å². The summed E-state index contributed by atoms with van der Waals surface area (Å²) in [6.45, 7) is 3.11. The second-order valence-corrected chi connectivity index (χ2v) is 7.59. The van der Waals surface area contributed by atoms with Crippen LogP contribution in [0.4, 0.5) is 0 Å². The first kappa shape index (κ1) is 18.6. The fourth-order valence-corrected chi connectivity index (χ4v) is 4.53. The number of hydrogen-bond donors (Lipinski definition) is 0. The predicted octanol–water partition coefficient (Wildman–Crippen LogP) is 4.26. The minimum atomic E-state index is -0.239. The van der Waals surface area contributed by atoms with E-state index in [1.165, 1.54) is 16.7 Å². The molecule has 1 saturated heterocycles. The monoisotopic (exact) mass is 367 g/mol. The molecule has 2 aromatic carbocycles. The Labute approximate surface area is 162 Å². The van der Waals surface area contributed by atoms with Crippen LogP contribution < -0.4 is 0 Å². The first-order chi connectivity index (χ1) is 13.2. The largest absolute Gasteiger partial charge is 0.362 e. The number of nitrogens with zero attached hydrogens (tertiary/aromatic N) is 1. The van der Waals surface area contributed by atoms with Crippen molar-refractivity contribution in [2.24, 2.45) is 0 Å². The summed E-state index contributed by atoms with van der Waals surface area (Å²) >= 11 is 0. The maximum atomic E-state index is 6.71. The van der Waals surface area contributed by atoms with Gasteiger partial charge >= 0.3 is 0 Å². The molecule has 1 atom stereocenters. The molecule has 2 aliphatic heterocycles. The zero-order valence-corrected chi connectivity index (χ0v) is 16.3. The van der Waals surface area contributed by atoms with Gasteiger partial charge in [0.15, 0.2) is 6.29 Å². The Kier molecular flexibility index (Phi) is 5.60. The second-order valence-electron chi connectivity index (χ2n) is 7.59. The summed E-state index contributed by atoms with van der Waals surface area (Å²) in [5.41, 5.74) is 3.87. The van der Waals surface area contributed by atoms with E-state index in [9.17, 15) is 0 Å². The number of likely N-dealkylation sites (tertiary alicyclic amines) is 1. The molecule has 1 fully saturated rings.